The third-order valence-electron chi connectivity index (χ3n) is 4.25. The van der Waals surface area contributed by atoms with E-state index in [0.717, 1.165) is 36.1 Å². The molecule has 1 aliphatic heterocycles. The first-order chi connectivity index (χ1) is 11.3. The highest BCUT2D eigenvalue weighted by Crippen LogP contribution is 2.27. The topological polar surface area (TPSA) is 78.4 Å². The zero-order valence-electron chi connectivity index (χ0n) is 13.1. The molecule has 2 heterocycles. The SMILES string of the molecule is O=C(NCCCO)C1CCCN(c2ncnc3ccccc23)C1. The van der Waals surface area contributed by atoms with Crippen LogP contribution in [0.2, 0.25) is 0 Å². The maximum absolute atomic E-state index is 12.3. The van der Waals surface area contributed by atoms with E-state index in [2.05, 4.69) is 20.2 Å². The van der Waals surface area contributed by atoms with Crippen LogP contribution in [0.1, 0.15) is 19.3 Å². The van der Waals surface area contributed by atoms with Gasteiger partial charge in [0.1, 0.15) is 12.1 Å². The van der Waals surface area contributed by atoms with E-state index >= 15 is 0 Å². The number of nitrogens with one attached hydrogen (secondary N) is 1. The van der Waals surface area contributed by atoms with Crippen LogP contribution in [-0.4, -0.2) is 47.2 Å². The third kappa shape index (κ3) is 3.59. The fraction of sp³-hybridized carbons (Fsp3) is 0.471. The van der Waals surface area contributed by atoms with Gasteiger partial charge in [0, 0.05) is 31.6 Å². The fourth-order valence-electron chi connectivity index (χ4n) is 3.06. The molecule has 1 aromatic heterocycles. The molecule has 23 heavy (non-hydrogen) atoms. The van der Waals surface area contributed by atoms with Gasteiger partial charge in [-0.2, -0.15) is 0 Å². The highest BCUT2D eigenvalue weighted by Gasteiger charge is 2.27. The molecule has 1 aromatic carbocycles. The second-order valence-corrected chi connectivity index (χ2v) is 5.87. The third-order valence-corrected chi connectivity index (χ3v) is 4.25. The molecule has 1 fully saturated rings. The largest absolute Gasteiger partial charge is 0.396 e. The van der Waals surface area contributed by atoms with E-state index in [1.807, 2.05) is 24.3 Å². The van der Waals surface area contributed by atoms with E-state index in [9.17, 15) is 4.79 Å². The lowest BCUT2D eigenvalue weighted by Crippen LogP contribution is -2.43. The number of rotatable bonds is 5. The normalized spacial score (nSPS) is 18.1. The Bertz CT molecular complexity index is 671. The quantitative estimate of drug-likeness (QED) is 0.815. The minimum Gasteiger partial charge on any atom is -0.396 e. The van der Waals surface area contributed by atoms with E-state index in [4.69, 9.17) is 5.11 Å². The number of piperidine rings is 1. The number of fused-ring (bicyclic) bond motifs is 1. The van der Waals surface area contributed by atoms with Gasteiger partial charge in [0.25, 0.3) is 0 Å². The van der Waals surface area contributed by atoms with Gasteiger partial charge in [0.15, 0.2) is 0 Å². The van der Waals surface area contributed by atoms with Gasteiger partial charge in [-0.1, -0.05) is 12.1 Å². The predicted molar refractivity (Wildman–Crippen MR) is 89.2 cm³/mol. The van der Waals surface area contributed by atoms with E-state index in [1.54, 1.807) is 6.33 Å². The van der Waals surface area contributed by atoms with Gasteiger partial charge < -0.3 is 15.3 Å². The molecular weight excluding hydrogens is 292 g/mol. The summed E-state index contributed by atoms with van der Waals surface area (Å²) in [5.74, 6) is 0.946. The van der Waals surface area contributed by atoms with Gasteiger partial charge in [-0.25, -0.2) is 9.97 Å². The predicted octanol–water partition coefficient (Wildman–Crippen LogP) is 1.34. The number of hydrogen-bond acceptors (Lipinski definition) is 5. The molecule has 6 nitrogen and oxygen atoms in total. The Morgan fingerprint density at radius 3 is 3.09 bits per heavy atom. The molecule has 2 aromatic rings. The number of para-hydroxylation sites is 1. The first-order valence-corrected chi connectivity index (χ1v) is 8.13. The lowest BCUT2D eigenvalue weighted by molar-refractivity contribution is -0.125. The van der Waals surface area contributed by atoms with Gasteiger partial charge >= 0.3 is 0 Å². The van der Waals surface area contributed by atoms with Gasteiger partial charge in [-0.05, 0) is 31.4 Å². The molecule has 0 aliphatic carbocycles. The summed E-state index contributed by atoms with van der Waals surface area (Å²) in [5, 5.41) is 12.7. The van der Waals surface area contributed by atoms with Crippen LogP contribution < -0.4 is 10.2 Å². The standard InChI is InChI=1S/C17H22N4O2/c22-10-4-8-18-17(23)13-5-3-9-21(11-13)16-14-6-1-2-7-15(14)19-12-20-16/h1-2,6-7,12-13,22H,3-5,8-11H2,(H,18,23). The molecule has 6 heteroatoms. The summed E-state index contributed by atoms with van der Waals surface area (Å²) in [6.07, 6.45) is 4.04. The number of amides is 1. The minimum absolute atomic E-state index is 0.0313. The monoisotopic (exact) mass is 314 g/mol. The Kier molecular flexibility index (Phi) is 5.02. The van der Waals surface area contributed by atoms with Crippen molar-refractivity contribution in [1.82, 2.24) is 15.3 Å². The Labute approximate surface area is 135 Å². The Hall–Kier alpha value is -2.21. The van der Waals surface area contributed by atoms with Crippen LogP contribution in [0.25, 0.3) is 10.9 Å². The fourth-order valence-corrected chi connectivity index (χ4v) is 3.06. The highest BCUT2D eigenvalue weighted by atomic mass is 16.3. The smallest absolute Gasteiger partial charge is 0.224 e. The Morgan fingerprint density at radius 1 is 1.35 bits per heavy atom. The number of aromatic nitrogens is 2. The van der Waals surface area contributed by atoms with Crippen molar-refractivity contribution in [2.45, 2.75) is 19.3 Å². The molecule has 122 valence electrons. The molecule has 0 saturated carbocycles. The van der Waals surface area contributed by atoms with Crippen molar-refractivity contribution in [3.05, 3.63) is 30.6 Å². The molecule has 0 bridgehead atoms. The molecule has 0 radical (unpaired) electrons. The van der Waals surface area contributed by atoms with Crippen molar-refractivity contribution in [1.29, 1.82) is 0 Å². The number of aliphatic hydroxyl groups is 1. The molecule has 0 spiro atoms. The van der Waals surface area contributed by atoms with Gasteiger partial charge in [-0.3, -0.25) is 4.79 Å². The van der Waals surface area contributed by atoms with Crippen LogP contribution in [0.5, 0.6) is 0 Å². The molecule has 1 saturated heterocycles. The van der Waals surface area contributed by atoms with Crippen LogP contribution in [0.4, 0.5) is 5.82 Å². The number of hydrogen-bond donors (Lipinski definition) is 2. The number of nitrogens with zero attached hydrogens (tertiary/aromatic N) is 3. The number of carbonyl (C=O) groups is 1. The maximum Gasteiger partial charge on any atom is 0.224 e. The highest BCUT2D eigenvalue weighted by molar-refractivity contribution is 5.89. The minimum atomic E-state index is -0.0313. The Balaban J connectivity index is 1.74. The number of benzene rings is 1. The van der Waals surface area contributed by atoms with Crippen molar-refractivity contribution in [2.75, 3.05) is 31.1 Å². The summed E-state index contributed by atoms with van der Waals surface area (Å²) < 4.78 is 0. The Morgan fingerprint density at radius 2 is 2.22 bits per heavy atom. The van der Waals surface area contributed by atoms with Crippen molar-refractivity contribution in [3.8, 4) is 0 Å². The second-order valence-electron chi connectivity index (χ2n) is 5.87. The molecular formula is C17H22N4O2. The zero-order chi connectivity index (χ0) is 16.1. The first-order valence-electron chi connectivity index (χ1n) is 8.13. The van der Waals surface area contributed by atoms with E-state index in [-0.39, 0.29) is 18.4 Å². The molecule has 1 unspecified atom stereocenters. The van der Waals surface area contributed by atoms with Crippen molar-refractivity contribution < 1.29 is 9.90 Å². The van der Waals surface area contributed by atoms with Crippen LogP contribution in [0.15, 0.2) is 30.6 Å². The molecule has 1 aliphatic rings. The van der Waals surface area contributed by atoms with E-state index in [1.165, 1.54) is 0 Å². The summed E-state index contributed by atoms with van der Waals surface area (Å²) in [6.45, 7) is 2.21. The average molecular weight is 314 g/mol. The lowest BCUT2D eigenvalue weighted by atomic mass is 9.97. The lowest BCUT2D eigenvalue weighted by Gasteiger charge is -2.33. The van der Waals surface area contributed by atoms with Crippen molar-refractivity contribution >= 4 is 22.6 Å². The maximum atomic E-state index is 12.3. The number of anilines is 1. The zero-order valence-corrected chi connectivity index (χ0v) is 13.1. The molecule has 1 atom stereocenters. The summed E-state index contributed by atoms with van der Waals surface area (Å²) >= 11 is 0. The average Bonchev–Trinajstić information content (AvgIpc) is 2.61. The summed E-state index contributed by atoms with van der Waals surface area (Å²) in [7, 11) is 0. The molecule has 1 amide bonds. The van der Waals surface area contributed by atoms with Gasteiger partial charge in [0.05, 0.1) is 11.4 Å². The van der Waals surface area contributed by atoms with Crippen LogP contribution in [0, 0.1) is 5.92 Å². The first kappa shape index (κ1) is 15.7. The summed E-state index contributed by atoms with van der Waals surface area (Å²) in [4.78, 5) is 23.2. The number of aliphatic hydroxyl groups excluding tert-OH is 1. The number of carbonyl (C=O) groups excluding carboxylic acids is 1. The van der Waals surface area contributed by atoms with Crippen molar-refractivity contribution in [2.24, 2.45) is 5.92 Å². The molecule has 2 N–H and O–H groups in total. The second kappa shape index (κ2) is 7.37. The van der Waals surface area contributed by atoms with Gasteiger partial charge in [-0.15, -0.1) is 0 Å². The van der Waals surface area contributed by atoms with E-state index < -0.39 is 0 Å². The van der Waals surface area contributed by atoms with Gasteiger partial charge in [0.2, 0.25) is 5.91 Å². The molecule has 3 rings (SSSR count). The van der Waals surface area contributed by atoms with Crippen LogP contribution >= 0.6 is 0 Å². The van der Waals surface area contributed by atoms with Crippen LogP contribution in [-0.2, 0) is 4.79 Å². The van der Waals surface area contributed by atoms with E-state index in [0.29, 0.717) is 19.5 Å². The van der Waals surface area contributed by atoms with Crippen molar-refractivity contribution in [3.63, 3.8) is 0 Å². The van der Waals surface area contributed by atoms with Crippen LogP contribution in [0.3, 0.4) is 0 Å². The summed E-state index contributed by atoms with van der Waals surface area (Å²) in [6, 6.07) is 7.95. The summed E-state index contributed by atoms with van der Waals surface area (Å²) in [5.41, 5.74) is 0.923.